The Morgan fingerprint density at radius 3 is 2.79 bits per heavy atom. The number of hydrogen-bond acceptors (Lipinski definition) is 7. The fourth-order valence-corrected chi connectivity index (χ4v) is 2.65. The molecule has 4 rings (SSSR count). The maximum atomic E-state index is 13.8. The van der Waals surface area contributed by atoms with Gasteiger partial charge in [-0.25, -0.2) is 19.3 Å². The lowest BCUT2D eigenvalue weighted by atomic mass is 10.2. The first-order valence-corrected chi connectivity index (χ1v) is 7.32. The standard InChI is InChI=1S/C15H14FN5O3/c16-8-3-1-2-4-9(8)20-13-11-14(18-6-17-13)21(7-19-11)15-12(23)10(22)5-24-15/h1-4,6-7,10,12,15,22-23H,5H2,(H,17,18,20). The van der Waals surface area contributed by atoms with Gasteiger partial charge in [0.05, 0.1) is 18.6 Å². The number of hydrogen-bond donors (Lipinski definition) is 3. The molecule has 24 heavy (non-hydrogen) atoms. The van der Waals surface area contributed by atoms with Gasteiger partial charge in [0.1, 0.15) is 24.4 Å². The zero-order valence-electron chi connectivity index (χ0n) is 12.4. The Bertz CT molecular complexity index is 886. The molecule has 3 N–H and O–H groups in total. The van der Waals surface area contributed by atoms with E-state index in [1.807, 2.05) is 0 Å². The minimum Gasteiger partial charge on any atom is -0.388 e. The summed E-state index contributed by atoms with van der Waals surface area (Å²) >= 11 is 0. The van der Waals surface area contributed by atoms with Crippen LogP contribution in [-0.2, 0) is 4.74 Å². The van der Waals surface area contributed by atoms with Crippen LogP contribution in [0, 0.1) is 5.82 Å². The Morgan fingerprint density at radius 2 is 2.04 bits per heavy atom. The van der Waals surface area contributed by atoms with Crippen molar-refractivity contribution in [2.24, 2.45) is 0 Å². The molecule has 1 aromatic carbocycles. The summed E-state index contributed by atoms with van der Waals surface area (Å²) in [6.07, 6.45) is -0.0916. The summed E-state index contributed by atoms with van der Waals surface area (Å²) in [6.45, 7) is 0.0247. The minimum atomic E-state index is -1.08. The van der Waals surface area contributed by atoms with Crippen LogP contribution < -0.4 is 5.32 Å². The number of anilines is 2. The third-order valence-corrected chi connectivity index (χ3v) is 3.88. The molecule has 3 heterocycles. The van der Waals surface area contributed by atoms with Gasteiger partial charge in [-0.2, -0.15) is 0 Å². The number of halogens is 1. The quantitative estimate of drug-likeness (QED) is 0.656. The summed E-state index contributed by atoms with van der Waals surface area (Å²) in [5, 5.41) is 22.5. The van der Waals surface area contributed by atoms with Gasteiger partial charge in [-0.3, -0.25) is 4.57 Å². The molecular formula is C15H14FN5O3. The smallest absolute Gasteiger partial charge is 0.167 e. The van der Waals surface area contributed by atoms with Crippen molar-refractivity contribution in [2.75, 3.05) is 11.9 Å². The van der Waals surface area contributed by atoms with Crippen LogP contribution in [0.1, 0.15) is 6.23 Å². The number of para-hydroxylation sites is 1. The zero-order valence-corrected chi connectivity index (χ0v) is 12.4. The average molecular weight is 331 g/mol. The fourth-order valence-electron chi connectivity index (χ4n) is 2.65. The van der Waals surface area contributed by atoms with E-state index in [-0.39, 0.29) is 12.3 Å². The lowest BCUT2D eigenvalue weighted by Crippen LogP contribution is -2.28. The van der Waals surface area contributed by atoms with E-state index in [0.29, 0.717) is 17.0 Å². The molecule has 3 aromatic rings. The normalized spacial score (nSPS) is 23.7. The molecular weight excluding hydrogens is 317 g/mol. The first kappa shape index (κ1) is 14.9. The van der Waals surface area contributed by atoms with Crippen molar-refractivity contribution in [1.82, 2.24) is 19.5 Å². The topological polar surface area (TPSA) is 105 Å². The lowest BCUT2D eigenvalue weighted by molar-refractivity contribution is -0.0162. The van der Waals surface area contributed by atoms with E-state index in [2.05, 4.69) is 20.3 Å². The van der Waals surface area contributed by atoms with E-state index in [0.717, 1.165) is 0 Å². The predicted molar refractivity (Wildman–Crippen MR) is 82.0 cm³/mol. The number of nitrogens with zero attached hydrogens (tertiary/aromatic N) is 4. The molecule has 9 heteroatoms. The van der Waals surface area contributed by atoms with Crippen molar-refractivity contribution in [3.05, 3.63) is 42.7 Å². The Kier molecular flexibility index (Phi) is 3.60. The highest BCUT2D eigenvalue weighted by Gasteiger charge is 2.37. The second-order valence-electron chi connectivity index (χ2n) is 5.43. The lowest BCUT2D eigenvalue weighted by Gasteiger charge is -2.16. The maximum Gasteiger partial charge on any atom is 0.167 e. The highest BCUT2D eigenvalue weighted by atomic mass is 19.1. The molecule has 3 atom stereocenters. The number of aliphatic hydroxyl groups is 2. The molecule has 1 saturated heterocycles. The van der Waals surface area contributed by atoms with Crippen LogP contribution in [0.4, 0.5) is 15.9 Å². The maximum absolute atomic E-state index is 13.8. The van der Waals surface area contributed by atoms with Crippen LogP contribution in [0.3, 0.4) is 0 Å². The van der Waals surface area contributed by atoms with E-state index in [1.165, 1.54) is 23.3 Å². The molecule has 0 aliphatic carbocycles. The Hall–Kier alpha value is -2.62. The molecule has 1 aliphatic rings. The zero-order chi connectivity index (χ0) is 16.7. The van der Waals surface area contributed by atoms with Crippen molar-refractivity contribution in [3.63, 3.8) is 0 Å². The SMILES string of the molecule is OC1COC(n2cnc3c(Nc4ccccc4F)ncnc32)C1O. The monoisotopic (exact) mass is 331 g/mol. The molecule has 2 aromatic heterocycles. The molecule has 0 bridgehead atoms. The van der Waals surface area contributed by atoms with Crippen LogP contribution in [0.5, 0.6) is 0 Å². The first-order valence-electron chi connectivity index (χ1n) is 7.32. The third-order valence-electron chi connectivity index (χ3n) is 3.88. The second-order valence-corrected chi connectivity index (χ2v) is 5.43. The number of aromatic nitrogens is 4. The van der Waals surface area contributed by atoms with E-state index in [1.54, 1.807) is 18.2 Å². The highest BCUT2D eigenvalue weighted by molar-refractivity contribution is 5.85. The van der Waals surface area contributed by atoms with Crippen LogP contribution in [0.15, 0.2) is 36.9 Å². The molecule has 0 radical (unpaired) electrons. The van der Waals surface area contributed by atoms with Crippen molar-refractivity contribution in [2.45, 2.75) is 18.4 Å². The highest BCUT2D eigenvalue weighted by Crippen LogP contribution is 2.29. The van der Waals surface area contributed by atoms with Gasteiger partial charge in [0.15, 0.2) is 23.2 Å². The molecule has 8 nitrogen and oxygen atoms in total. The largest absolute Gasteiger partial charge is 0.388 e. The molecule has 0 amide bonds. The van der Waals surface area contributed by atoms with Crippen LogP contribution in [0.2, 0.25) is 0 Å². The number of ether oxygens (including phenoxy) is 1. The van der Waals surface area contributed by atoms with Gasteiger partial charge >= 0.3 is 0 Å². The van der Waals surface area contributed by atoms with Crippen molar-refractivity contribution in [1.29, 1.82) is 0 Å². The number of fused-ring (bicyclic) bond motifs is 1. The van der Waals surface area contributed by atoms with Crippen molar-refractivity contribution in [3.8, 4) is 0 Å². The van der Waals surface area contributed by atoms with Crippen LogP contribution in [-0.4, -0.2) is 48.5 Å². The average Bonchev–Trinajstić information content (AvgIpc) is 3.15. The Labute approximate surface area is 135 Å². The second kappa shape index (κ2) is 5.78. The van der Waals surface area contributed by atoms with E-state index < -0.39 is 24.3 Å². The molecule has 1 fully saturated rings. The number of benzene rings is 1. The van der Waals surface area contributed by atoms with E-state index >= 15 is 0 Å². The van der Waals surface area contributed by atoms with Gasteiger partial charge in [-0.05, 0) is 12.1 Å². The van der Waals surface area contributed by atoms with Gasteiger partial charge < -0.3 is 20.3 Å². The molecule has 0 spiro atoms. The summed E-state index contributed by atoms with van der Waals surface area (Å²) in [7, 11) is 0. The summed E-state index contributed by atoms with van der Waals surface area (Å²) in [5.41, 5.74) is 1.07. The summed E-state index contributed by atoms with van der Waals surface area (Å²) in [4.78, 5) is 12.5. The minimum absolute atomic E-state index is 0.0247. The van der Waals surface area contributed by atoms with Crippen LogP contribution in [0.25, 0.3) is 11.2 Å². The van der Waals surface area contributed by atoms with Gasteiger partial charge in [0, 0.05) is 0 Å². The van der Waals surface area contributed by atoms with Crippen molar-refractivity contribution < 1.29 is 19.3 Å². The Morgan fingerprint density at radius 1 is 1.21 bits per heavy atom. The molecule has 1 aliphatic heterocycles. The van der Waals surface area contributed by atoms with Crippen molar-refractivity contribution >= 4 is 22.7 Å². The molecule has 0 saturated carbocycles. The molecule has 3 unspecified atom stereocenters. The van der Waals surface area contributed by atoms with Gasteiger partial charge in [0.25, 0.3) is 0 Å². The number of aliphatic hydroxyl groups excluding tert-OH is 2. The predicted octanol–water partition coefficient (Wildman–Crippen LogP) is 0.960. The first-order chi connectivity index (χ1) is 11.6. The van der Waals surface area contributed by atoms with Crippen LogP contribution >= 0.6 is 0 Å². The fraction of sp³-hybridized carbons (Fsp3) is 0.267. The number of rotatable bonds is 3. The summed E-state index contributed by atoms with van der Waals surface area (Å²) in [5.74, 6) is -0.0850. The number of imidazole rings is 1. The van der Waals surface area contributed by atoms with Gasteiger partial charge in [-0.15, -0.1) is 0 Å². The molecule has 124 valence electrons. The Balaban J connectivity index is 1.73. The van der Waals surface area contributed by atoms with Gasteiger partial charge in [0.2, 0.25) is 0 Å². The van der Waals surface area contributed by atoms with E-state index in [4.69, 9.17) is 4.74 Å². The number of nitrogens with one attached hydrogen (secondary N) is 1. The summed E-state index contributed by atoms with van der Waals surface area (Å²) < 4.78 is 20.7. The van der Waals surface area contributed by atoms with E-state index in [9.17, 15) is 14.6 Å². The van der Waals surface area contributed by atoms with Gasteiger partial charge in [-0.1, -0.05) is 12.1 Å². The third kappa shape index (κ3) is 2.39. The summed E-state index contributed by atoms with van der Waals surface area (Å²) in [6, 6.07) is 6.21.